The molecule has 2 aromatic carbocycles. The van der Waals surface area contributed by atoms with Gasteiger partial charge in [-0.2, -0.15) is 0 Å². The first-order valence-corrected chi connectivity index (χ1v) is 11.8. The van der Waals surface area contributed by atoms with Crippen LogP contribution in [0.25, 0.3) is 0 Å². The lowest BCUT2D eigenvalue weighted by molar-refractivity contribution is -0.386. The highest BCUT2D eigenvalue weighted by atomic mass is 35.5. The zero-order valence-corrected chi connectivity index (χ0v) is 19.6. The lowest BCUT2D eigenvalue weighted by atomic mass is 10.1. The van der Waals surface area contributed by atoms with Gasteiger partial charge in [0.2, 0.25) is 0 Å². The van der Waals surface area contributed by atoms with E-state index in [9.17, 15) is 14.9 Å². The highest BCUT2D eigenvalue weighted by Crippen LogP contribution is 2.30. The number of halogens is 2. The summed E-state index contributed by atoms with van der Waals surface area (Å²) in [5.74, 6) is 0.146. The summed E-state index contributed by atoms with van der Waals surface area (Å²) < 4.78 is 5.83. The maximum absolute atomic E-state index is 12.5. The van der Waals surface area contributed by atoms with Gasteiger partial charge in [-0.3, -0.25) is 14.9 Å². The SMILES string of the molecule is O=C(N[C@H]1CCN(CCc2ccc(O[C@@H]3CCNC3)c([N+](=O)[O-])c2)C1)c1ccc(Cl)c(Cl)c1. The second-order valence-electron chi connectivity index (χ2n) is 8.43. The van der Waals surface area contributed by atoms with Gasteiger partial charge < -0.3 is 20.3 Å². The Hall–Kier alpha value is -2.39. The van der Waals surface area contributed by atoms with E-state index in [-0.39, 0.29) is 28.7 Å². The van der Waals surface area contributed by atoms with E-state index < -0.39 is 0 Å². The molecule has 2 aromatic rings. The van der Waals surface area contributed by atoms with Crippen LogP contribution in [-0.4, -0.2) is 60.6 Å². The van der Waals surface area contributed by atoms with Crippen molar-refractivity contribution in [1.29, 1.82) is 0 Å². The van der Waals surface area contributed by atoms with Crippen LogP contribution in [0.3, 0.4) is 0 Å². The maximum atomic E-state index is 12.5. The van der Waals surface area contributed by atoms with Crippen LogP contribution in [0, 0.1) is 10.1 Å². The lowest BCUT2D eigenvalue weighted by Crippen LogP contribution is -2.37. The summed E-state index contributed by atoms with van der Waals surface area (Å²) in [5.41, 5.74) is 1.38. The Bertz CT molecular complexity index is 1030. The van der Waals surface area contributed by atoms with Crippen LogP contribution in [0.4, 0.5) is 5.69 Å². The van der Waals surface area contributed by atoms with Crippen LogP contribution < -0.4 is 15.4 Å². The fourth-order valence-electron chi connectivity index (χ4n) is 4.22. The molecule has 1 amide bonds. The average molecular weight is 493 g/mol. The molecule has 2 saturated heterocycles. The highest BCUT2D eigenvalue weighted by molar-refractivity contribution is 6.42. The van der Waals surface area contributed by atoms with E-state index in [1.807, 2.05) is 6.07 Å². The average Bonchev–Trinajstić information content (AvgIpc) is 3.47. The van der Waals surface area contributed by atoms with Gasteiger partial charge >= 0.3 is 5.69 Å². The predicted octanol–water partition coefficient (Wildman–Crippen LogP) is 3.69. The van der Waals surface area contributed by atoms with Gasteiger partial charge in [-0.05, 0) is 55.6 Å². The number of nitrogens with zero attached hydrogens (tertiary/aromatic N) is 2. The Morgan fingerprint density at radius 2 is 2.06 bits per heavy atom. The van der Waals surface area contributed by atoms with E-state index >= 15 is 0 Å². The molecule has 4 rings (SSSR count). The summed E-state index contributed by atoms with van der Waals surface area (Å²) in [5, 5.41) is 18.6. The van der Waals surface area contributed by atoms with Gasteiger partial charge in [-0.25, -0.2) is 0 Å². The largest absolute Gasteiger partial charge is 0.482 e. The summed E-state index contributed by atoms with van der Waals surface area (Å²) in [6, 6.07) is 10.1. The number of rotatable bonds is 8. The minimum absolute atomic E-state index is 0.00703. The van der Waals surface area contributed by atoms with E-state index in [2.05, 4.69) is 15.5 Å². The maximum Gasteiger partial charge on any atom is 0.311 e. The third kappa shape index (κ3) is 6.14. The zero-order chi connectivity index (χ0) is 23.4. The molecule has 2 aliphatic rings. The number of benzene rings is 2. The van der Waals surface area contributed by atoms with Crippen LogP contribution in [-0.2, 0) is 6.42 Å². The Balaban J connectivity index is 1.29. The van der Waals surface area contributed by atoms with Crippen LogP contribution >= 0.6 is 23.2 Å². The van der Waals surface area contributed by atoms with E-state index in [4.69, 9.17) is 27.9 Å². The van der Waals surface area contributed by atoms with Crippen molar-refractivity contribution in [1.82, 2.24) is 15.5 Å². The van der Waals surface area contributed by atoms with Crippen molar-refractivity contribution in [2.24, 2.45) is 0 Å². The Morgan fingerprint density at radius 3 is 2.79 bits per heavy atom. The topological polar surface area (TPSA) is 96.7 Å². The number of nitro groups is 1. The van der Waals surface area contributed by atoms with Crippen molar-refractivity contribution in [3.05, 3.63) is 67.7 Å². The zero-order valence-electron chi connectivity index (χ0n) is 18.1. The quantitative estimate of drug-likeness (QED) is 0.430. The molecule has 0 saturated carbocycles. The third-order valence-electron chi connectivity index (χ3n) is 6.03. The Morgan fingerprint density at radius 1 is 1.21 bits per heavy atom. The van der Waals surface area contributed by atoms with E-state index in [1.54, 1.807) is 30.3 Å². The van der Waals surface area contributed by atoms with E-state index in [0.29, 0.717) is 34.3 Å². The fraction of sp³-hybridized carbons (Fsp3) is 0.435. The van der Waals surface area contributed by atoms with E-state index in [0.717, 1.165) is 44.6 Å². The summed E-state index contributed by atoms with van der Waals surface area (Å²) in [6.45, 7) is 3.90. The minimum atomic E-state index is -0.383. The molecule has 8 nitrogen and oxygen atoms in total. The molecule has 33 heavy (non-hydrogen) atoms. The standard InChI is InChI=1S/C23H26Cl2N4O4/c24-19-3-2-16(12-20(19)25)23(30)27-17-7-10-28(14-17)9-6-15-1-4-22(21(11-15)29(31)32)33-18-5-8-26-13-18/h1-4,11-12,17-18,26H,5-10,13-14H2,(H,27,30)/t17-,18+/m0/s1. The second kappa shape index (κ2) is 10.7. The number of hydrogen-bond acceptors (Lipinski definition) is 6. The molecule has 2 heterocycles. The molecule has 0 bridgehead atoms. The predicted molar refractivity (Wildman–Crippen MR) is 127 cm³/mol. The van der Waals surface area contributed by atoms with Gasteiger partial charge in [0.15, 0.2) is 5.75 Å². The van der Waals surface area contributed by atoms with Crippen molar-refractivity contribution in [2.75, 3.05) is 32.7 Å². The molecule has 0 unspecified atom stereocenters. The van der Waals surface area contributed by atoms with Crippen LogP contribution in [0.2, 0.25) is 10.0 Å². The van der Waals surface area contributed by atoms with Crippen molar-refractivity contribution < 1.29 is 14.5 Å². The number of ether oxygens (including phenoxy) is 1. The first kappa shape index (κ1) is 23.8. The molecule has 0 aromatic heterocycles. The van der Waals surface area contributed by atoms with Gasteiger partial charge in [0.1, 0.15) is 6.10 Å². The molecule has 2 N–H and O–H groups in total. The number of nitro benzene ring substituents is 1. The summed E-state index contributed by atoms with van der Waals surface area (Å²) in [6.07, 6.45) is 2.33. The molecule has 0 aliphatic carbocycles. The van der Waals surface area contributed by atoms with Crippen molar-refractivity contribution in [2.45, 2.75) is 31.4 Å². The van der Waals surface area contributed by atoms with Gasteiger partial charge in [-0.1, -0.05) is 29.3 Å². The monoisotopic (exact) mass is 492 g/mol. The van der Waals surface area contributed by atoms with Crippen LogP contribution in [0.5, 0.6) is 5.75 Å². The third-order valence-corrected chi connectivity index (χ3v) is 6.77. The van der Waals surface area contributed by atoms with Crippen molar-refractivity contribution in [3.63, 3.8) is 0 Å². The Kier molecular flexibility index (Phi) is 7.70. The van der Waals surface area contributed by atoms with Crippen molar-refractivity contribution >= 4 is 34.8 Å². The molecule has 2 fully saturated rings. The number of likely N-dealkylation sites (tertiary alicyclic amines) is 1. The summed E-state index contributed by atoms with van der Waals surface area (Å²) >= 11 is 11.9. The first-order valence-electron chi connectivity index (χ1n) is 11.0. The van der Waals surface area contributed by atoms with E-state index in [1.165, 1.54) is 0 Å². The molecule has 2 aliphatic heterocycles. The van der Waals surface area contributed by atoms with Gasteiger partial charge in [0.05, 0.1) is 15.0 Å². The molecule has 0 radical (unpaired) electrons. The molecular formula is C23H26Cl2N4O4. The molecule has 176 valence electrons. The molecule has 10 heteroatoms. The van der Waals surface area contributed by atoms with Gasteiger partial charge in [0, 0.05) is 43.9 Å². The second-order valence-corrected chi connectivity index (χ2v) is 9.24. The molecule has 0 spiro atoms. The number of carbonyl (C=O) groups excluding carboxylic acids is 1. The lowest BCUT2D eigenvalue weighted by Gasteiger charge is -2.17. The molecule has 2 atom stereocenters. The van der Waals surface area contributed by atoms with Crippen LogP contribution in [0.1, 0.15) is 28.8 Å². The minimum Gasteiger partial charge on any atom is -0.482 e. The van der Waals surface area contributed by atoms with Gasteiger partial charge in [-0.15, -0.1) is 0 Å². The summed E-state index contributed by atoms with van der Waals surface area (Å²) in [7, 11) is 0. The number of carbonyl (C=O) groups is 1. The smallest absolute Gasteiger partial charge is 0.311 e. The Labute approximate surface area is 202 Å². The number of nitrogens with one attached hydrogen (secondary N) is 2. The van der Waals surface area contributed by atoms with Crippen LogP contribution in [0.15, 0.2) is 36.4 Å². The normalized spacial score (nSPS) is 20.7. The molecular weight excluding hydrogens is 467 g/mol. The van der Waals surface area contributed by atoms with Crippen molar-refractivity contribution in [3.8, 4) is 5.75 Å². The first-order chi connectivity index (χ1) is 15.9. The fourth-order valence-corrected chi connectivity index (χ4v) is 4.51. The number of hydrogen-bond donors (Lipinski definition) is 2. The highest BCUT2D eigenvalue weighted by Gasteiger charge is 2.25. The van der Waals surface area contributed by atoms with Gasteiger partial charge in [0.25, 0.3) is 5.91 Å². The number of amides is 1. The summed E-state index contributed by atoms with van der Waals surface area (Å²) in [4.78, 5) is 25.9.